The fourth-order valence-corrected chi connectivity index (χ4v) is 5.12. The van der Waals surface area contributed by atoms with E-state index in [4.69, 9.17) is 16.7 Å². The molecule has 1 unspecified atom stereocenters. The van der Waals surface area contributed by atoms with Crippen molar-refractivity contribution in [3.8, 4) is 5.75 Å². The maximum absolute atomic E-state index is 13.0. The van der Waals surface area contributed by atoms with Crippen LogP contribution in [-0.4, -0.2) is 54.6 Å². The lowest BCUT2D eigenvalue weighted by molar-refractivity contribution is -0.752. The summed E-state index contributed by atoms with van der Waals surface area (Å²) in [5.74, 6) is -1.59. The average Bonchev–Trinajstić information content (AvgIpc) is 3.31. The number of hydrogen-bond acceptors (Lipinski definition) is 7. The summed E-state index contributed by atoms with van der Waals surface area (Å²) < 4.78 is 76.9. The van der Waals surface area contributed by atoms with Crippen LogP contribution in [0.15, 0.2) is 62.3 Å². The van der Waals surface area contributed by atoms with Crippen molar-refractivity contribution in [1.29, 1.82) is 0 Å². The van der Waals surface area contributed by atoms with E-state index in [1.165, 1.54) is 52.8 Å². The maximum atomic E-state index is 13.0. The van der Waals surface area contributed by atoms with Gasteiger partial charge >= 0.3 is 6.36 Å². The lowest BCUT2D eigenvalue weighted by Gasteiger charge is -2.21. The zero-order valence-electron chi connectivity index (χ0n) is 21.7. The molecule has 218 valence electrons. The Bertz CT molecular complexity index is 1650. The smallest absolute Gasteiger partial charge is 0.486 e. The lowest BCUT2D eigenvalue weighted by Crippen LogP contribution is -2.45. The molecule has 1 aliphatic rings. The molecule has 3 aromatic rings. The molecular weight excluding hydrogens is 589 g/mol. The predicted molar refractivity (Wildman–Crippen MR) is 138 cm³/mol. The first-order chi connectivity index (χ1) is 19.1. The van der Waals surface area contributed by atoms with E-state index in [1.807, 2.05) is 0 Å². The van der Waals surface area contributed by atoms with Gasteiger partial charge < -0.3 is 19.5 Å². The minimum atomic E-state index is -4.86. The molecule has 0 bridgehead atoms. The van der Waals surface area contributed by atoms with Gasteiger partial charge in [0, 0.05) is 12.7 Å². The van der Waals surface area contributed by atoms with Crippen LogP contribution >= 0.6 is 12.2 Å². The highest BCUT2D eigenvalue weighted by molar-refractivity contribution is 7.90. The number of likely N-dealkylation sites (N-methyl/N-ethyl adjacent to an activating group) is 1. The molecule has 1 N–H and O–H groups in total. The zero-order chi connectivity index (χ0) is 30.1. The minimum absolute atomic E-state index is 0.0627. The predicted octanol–water partition coefficient (Wildman–Crippen LogP) is 1.51. The molecule has 12 nitrogen and oxygen atoms in total. The second-order valence-electron chi connectivity index (χ2n) is 8.98. The second-order valence-corrected chi connectivity index (χ2v) is 10.9. The van der Waals surface area contributed by atoms with Crippen LogP contribution in [0.4, 0.5) is 18.9 Å². The lowest BCUT2D eigenvalue weighted by atomic mass is 10.1. The second kappa shape index (κ2) is 11.3. The fourth-order valence-electron chi connectivity index (χ4n) is 3.89. The number of nitrogens with one attached hydrogen (secondary N) is 1. The normalized spacial score (nSPS) is 16.4. The summed E-state index contributed by atoms with van der Waals surface area (Å²) in [7, 11) is -1.27. The molecule has 41 heavy (non-hydrogen) atoms. The van der Waals surface area contributed by atoms with Gasteiger partial charge in [-0.2, -0.15) is 8.42 Å². The van der Waals surface area contributed by atoms with Crippen molar-refractivity contribution in [3.05, 3.63) is 65.3 Å². The first-order valence-corrected chi connectivity index (χ1v) is 13.6. The van der Waals surface area contributed by atoms with Crippen molar-refractivity contribution >= 4 is 44.9 Å². The van der Waals surface area contributed by atoms with Gasteiger partial charge in [-0.1, -0.05) is 17.7 Å². The molecule has 1 aliphatic heterocycles. The molecule has 2 amide bonds. The number of nitrogens with zero attached hydrogens (tertiary/aromatic N) is 5. The molecule has 1 saturated heterocycles. The van der Waals surface area contributed by atoms with Crippen molar-refractivity contribution in [2.45, 2.75) is 37.2 Å². The third-order valence-electron chi connectivity index (χ3n) is 6.00. The highest BCUT2D eigenvalue weighted by atomic mass is 32.2. The third-order valence-corrected chi connectivity index (χ3v) is 7.79. The van der Waals surface area contributed by atoms with Crippen molar-refractivity contribution in [1.82, 2.24) is 15.1 Å². The van der Waals surface area contributed by atoms with Crippen molar-refractivity contribution < 1.29 is 45.1 Å². The molecule has 0 saturated carbocycles. The number of anilines is 1. The molecule has 17 heteroatoms. The molecule has 0 radical (unpaired) electrons. The Morgan fingerprint density at radius 2 is 1.83 bits per heavy atom. The molecule has 0 aliphatic carbocycles. The number of alkyl halides is 3. The largest absolute Gasteiger partial charge is 0.573 e. The number of ether oxygens (including phenoxy) is 1. The van der Waals surface area contributed by atoms with Gasteiger partial charge in [0.05, 0.1) is 11.3 Å². The van der Waals surface area contributed by atoms with E-state index < -0.39 is 40.0 Å². The summed E-state index contributed by atoms with van der Waals surface area (Å²) in [5.41, 5.74) is 0.860. The standard InChI is InChI=1S/C24H23F3N6O6S2/c1-14-4-10-17(11-5-14)41(36,37)29-21-19(32(3)30-39-21)13-33-18(22(35)31(2)23(33)40)12-20(34)28-15-6-8-16(9-7-15)38-24(25,26)27/h4-11,18H,12-13H2,1-3H3,(H,28,34)/b29-21-. The fraction of sp³-hybridized carbons (Fsp3) is 0.292. The number of benzene rings is 2. The number of sulfonamides is 1. The molecule has 1 atom stereocenters. The summed E-state index contributed by atoms with van der Waals surface area (Å²) in [4.78, 5) is 28.3. The monoisotopic (exact) mass is 612 g/mol. The number of rotatable bonds is 8. The van der Waals surface area contributed by atoms with E-state index in [9.17, 15) is 31.2 Å². The van der Waals surface area contributed by atoms with E-state index in [0.717, 1.165) is 17.7 Å². The Balaban J connectivity index is 1.54. The molecule has 2 heterocycles. The molecule has 0 spiro atoms. The Kier molecular flexibility index (Phi) is 8.21. The molecule has 1 aromatic heterocycles. The van der Waals surface area contributed by atoms with Crippen LogP contribution in [0.5, 0.6) is 5.75 Å². The van der Waals surface area contributed by atoms with Crippen LogP contribution in [0.3, 0.4) is 0 Å². The quantitative estimate of drug-likeness (QED) is 0.296. The van der Waals surface area contributed by atoms with E-state index in [-0.39, 0.29) is 39.9 Å². The Morgan fingerprint density at radius 1 is 1.20 bits per heavy atom. The number of halogens is 3. The average molecular weight is 613 g/mol. The van der Waals surface area contributed by atoms with Gasteiger partial charge in [0.1, 0.15) is 25.4 Å². The van der Waals surface area contributed by atoms with E-state index in [2.05, 4.69) is 19.7 Å². The Morgan fingerprint density at radius 3 is 2.44 bits per heavy atom. The first-order valence-electron chi connectivity index (χ1n) is 11.8. The molecule has 4 rings (SSSR count). The first kappa shape index (κ1) is 29.7. The van der Waals surface area contributed by atoms with Gasteiger partial charge in [-0.3, -0.25) is 19.8 Å². The van der Waals surface area contributed by atoms with Crippen molar-refractivity contribution in [2.24, 2.45) is 11.4 Å². The Labute approximate surface area is 237 Å². The SMILES string of the molecule is Cc1ccc(S(=O)(=O)/N=c2\o[n-][n+](C)c2CN2C(=S)N(C)C(=O)C2CC(=O)Nc2ccc(OC(F)(F)F)cc2)cc1. The number of amides is 2. The van der Waals surface area contributed by atoms with Crippen LogP contribution in [0.1, 0.15) is 17.7 Å². The maximum Gasteiger partial charge on any atom is 0.573 e. The molecular formula is C24H23F3N6O6S2. The summed E-state index contributed by atoms with van der Waals surface area (Å²) >= 11 is 5.40. The van der Waals surface area contributed by atoms with Gasteiger partial charge in [0.15, 0.2) is 5.11 Å². The van der Waals surface area contributed by atoms with Crippen molar-refractivity contribution in [2.75, 3.05) is 12.4 Å². The minimum Gasteiger partial charge on any atom is -0.486 e. The third kappa shape index (κ3) is 6.91. The van der Waals surface area contributed by atoms with Crippen LogP contribution in [0, 0.1) is 6.92 Å². The number of thiocarbonyl (C=S) groups is 1. The summed E-state index contributed by atoms with van der Waals surface area (Å²) in [6.45, 7) is 1.62. The topological polar surface area (TPSA) is 139 Å². The van der Waals surface area contributed by atoms with Gasteiger partial charge in [-0.25, -0.2) is 4.68 Å². The molecule has 1 fully saturated rings. The number of carbonyl (C=O) groups excluding carboxylic acids is 2. The van der Waals surface area contributed by atoms with Gasteiger partial charge in [0.25, 0.3) is 27.2 Å². The van der Waals surface area contributed by atoms with Crippen LogP contribution in [0.2, 0.25) is 0 Å². The summed E-state index contributed by atoms with van der Waals surface area (Å²) in [5, 5.41) is 6.32. The van der Waals surface area contributed by atoms with Crippen LogP contribution < -0.4 is 25.6 Å². The number of hydrogen-bond donors (Lipinski definition) is 1. The summed E-state index contributed by atoms with van der Waals surface area (Å²) in [6, 6.07) is 9.44. The highest BCUT2D eigenvalue weighted by Crippen LogP contribution is 2.25. The summed E-state index contributed by atoms with van der Waals surface area (Å²) in [6.07, 6.45) is -5.24. The molecule has 2 aromatic carbocycles. The van der Waals surface area contributed by atoms with Gasteiger partial charge in [0.2, 0.25) is 5.91 Å². The van der Waals surface area contributed by atoms with E-state index >= 15 is 0 Å². The zero-order valence-corrected chi connectivity index (χ0v) is 23.4. The van der Waals surface area contributed by atoms with Crippen LogP contribution in [-0.2, 0) is 33.2 Å². The van der Waals surface area contributed by atoms with E-state index in [0.29, 0.717) is 0 Å². The van der Waals surface area contributed by atoms with Gasteiger partial charge in [-0.05, 0) is 55.5 Å². The number of aryl methyl sites for hydroxylation is 2. The van der Waals surface area contributed by atoms with Crippen LogP contribution in [0.25, 0.3) is 0 Å². The highest BCUT2D eigenvalue weighted by Gasteiger charge is 2.43. The Hall–Kier alpha value is -4.25. The number of aromatic nitrogens is 2. The number of carbonyl (C=O) groups is 2. The van der Waals surface area contributed by atoms with E-state index in [1.54, 1.807) is 19.1 Å². The van der Waals surface area contributed by atoms with Gasteiger partial charge in [-0.15, -0.1) is 17.6 Å². The van der Waals surface area contributed by atoms with Crippen molar-refractivity contribution in [3.63, 3.8) is 0 Å².